The highest BCUT2D eigenvalue weighted by atomic mass is 19.1. The molecule has 4 nitrogen and oxygen atoms in total. The second-order valence-corrected chi connectivity index (χ2v) is 2.19. The predicted molar refractivity (Wildman–Crippen MR) is 36.4 cm³/mol. The maximum absolute atomic E-state index is 12.8. The zero-order valence-corrected chi connectivity index (χ0v) is 5.80. The third kappa shape index (κ3) is 0.849. The van der Waals surface area contributed by atoms with E-state index in [1.807, 2.05) is 0 Å². The van der Waals surface area contributed by atoms with E-state index < -0.39 is 5.95 Å². The number of hydrogen-bond acceptors (Lipinski definition) is 3. The molecular formula is C6H5FN4. The smallest absolute Gasteiger partial charge is 0.242 e. The first-order valence-corrected chi connectivity index (χ1v) is 3.10. The summed E-state index contributed by atoms with van der Waals surface area (Å²) in [5, 5.41) is 0. The molecule has 0 aliphatic carbocycles. The van der Waals surface area contributed by atoms with Gasteiger partial charge in [0.05, 0.1) is 0 Å². The summed E-state index contributed by atoms with van der Waals surface area (Å²) in [5.41, 5.74) is 0.639. The van der Waals surface area contributed by atoms with E-state index >= 15 is 0 Å². The Hall–Kier alpha value is -1.52. The van der Waals surface area contributed by atoms with Crippen LogP contribution in [0.1, 0.15) is 5.82 Å². The Morgan fingerprint density at radius 1 is 1.45 bits per heavy atom. The van der Waals surface area contributed by atoms with Crippen LogP contribution < -0.4 is 0 Å². The highest BCUT2D eigenvalue weighted by Crippen LogP contribution is 2.08. The number of nitrogens with zero attached hydrogens (tertiary/aromatic N) is 3. The molecule has 0 atom stereocenters. The fraction of sp³-hybridized carbons (Fsp3) is 0.167. The first-order chi connectivity index (χ1) is 5.27. The molecule has 11 heavy (non-hydrogen) atoms. The van der Waals surface area contributed by atoms with E-state index in [2.05, 4.69) is 19.9 Å². The number of rotatable bonds is 0. The van der Waals surface area contributed by atoms with E-state index in [1.54, 1.807) is 6.92 Å². The van der Waals surface area contributed by atoms with Crippen molar-refractivity contribution >= 4 is 11.2 Å². The molecule has 0 bridgehead atoms. The topological polar surface area (TPSA) is 54.5 Å². The first kappa shape index (κ1) is 6.21. The molecule has 0 unspecified atom stereocenters. The van der Waals surface area contributed by atoms with Crippen LogP contribution in [0.2, 0.25) is 0 Å². The van der Waals surface area contributed by atoms with Crippen molar-refractivity contribution in [3.05, 3.63) is 18.1 Å². The number of hydrogen-bond donors (Lipinski definition) is 1. The van der Waals surface area contributed by atoms with Crippen LogP contribution in [0.25, 0.3) is 11.2 Å². The second-order valence-electron chi connectivity index (χ2n) is 2.19. The molecule has 0 amide bonds. The molecule has 5 heteroatoms. The van der Waals surface area contributed by atoms with Crippen LogP contribution in [0.4, 0.5) is 4.39 Å². The van der Waals surface area contributed by atoms with E-state index in [-0.39, 0.29) is 5.52 Å². The summed E-state index contributed by atoms with van der Waals surface area (Å²) in [7, 11) is 0. The van der Waals surface area contributed by atoms with E-state index in [0.29, 0.717) is 11.5 Å². The summed E-state index contributed by atoms with van der Waals surface area (Å²) < 4.78 is 12.8. The summed E-state index contributed by atoms with van der Waals surface area (Å²) in [4.78, 5) is 13.8. The van der Waals surface area contributed by atoms with Crippen LogP contribution >= 0.6 is 0 Å². The number of halogens is 1. The van der Waals surface area contributed by atoms with Gasteiger partial charge in [0.15, 0.2) is 5.65 Å². The third-order valence-corrected chi connectivity index (χ3v) is 1.36. The molecule has 2 heterocycles. The fourth-order valence-electron chi connectivity index (χ4n) is 0.916. The zero-order chi connectivity index (χ0) is 7.84. The van der Waals surface area contributed by atoms with Gasteiger partial charge in [-0.25, -0.2) is 15.0 Å². The summed E-state index contributed by atoms with van der Waals surface area (Å²) in [6.45, 7) is 1.74. The molecule has 0 fully saturated rings. The second kappa shape index (κ2) is 1.98. The van der Waals surface area contributed by atoms with Crippen molar-refractivity contribution in [1.29, 1.82) is 0 Å². The number of aromatic amines is 1. The standard InChI is InChI=1S/C6H5FN4/c1-3-10-4-5(7)8-2-9-6(4)11-3/h2H,1H3,(H,8,9,10,11). The fourth-order valence-corrected chi connectivity index (χ4v) is 0.916. The maximum atomic E-state index is 12.8. The Balaban J connectivity index is 2.90. The van der Waals surface area contributed by atoms with Crippen LogP contribution in [-0.4, -0.2) is 19.9 Å². The molecule has 0 saturated carbocycles. The summed E-state index contributed by atoms with van der Waals surface area (Å²) in [6, 6.07) is 0. The Morgan fingerprint density at radius 3 is 3.00 bits per heavy atom. The summed E-state index contributed by atoms with van der Waals surface area (Å²) in [6.07, 6.45) is 1.15. The molecule has 2 aromatic heterocycles. The number of nitrogens with one attached hydrogen (secondary N) is 1. The highest BCUT2D eigenvalue weighted by molar-refractivity contribution is 5.69. The van der Waals surface area contributed by atoms with Crippen LogP contribution in [0.15, 0.2) is 6.33 Å². The Morgan fingerprint density at radius 2 is 2.27 bits per heavy atom. The van der Waals surface area contributed by atoms with Gasteiger partial charge < -0.3 is 4.98 Å². The lowest BCUT2D eigenvalue weighted by molar-refractivity contribution is 0.591. The van der Waals surface area contributed by atoms with Crippen molar-refractivity contribution in [2.24, 2.45) is 0 Å². The Kier molecular flexibility index (Phi) is 1.12. The minimum atomic E-state index is -0.560. The molecule has 0 aromatic carbocycles. The molecule has 2 rings (SSSR count). The number of fused-ring (bicyclic) bond motifs is 1. The van der Waals surface area contributed by atoms with Gasteiger partial charge in [0.25, 0.3) is 0 Å². The largest absolute Gasteiger partial charge is 0.337 e. The van der Waals surface area contributed by atoms with E-state index in [1.165, 1.54) is 0 Å². The number of imidazole rings is 1. The zero-order valence-electron chi connectivity index (χ0n) is 5.80. The lowest BCUT2D eigenvalue weighted by Crippen LogP contribution is -1.85. The molecule has 0 radical (unpaired) electrons. The van der Waals surface area contributed by atoms with E-state index in [9.17, 15) is 4.39 Å². The van der Waals surface area contributed by atoms with Gasteiger partial charge in [0.2, 0.25) is 5.95 Å². The van der Waals surface area contributed by atoms with Crippen molar-refractivity contribution < 1.29 is 4.39 Å². The average Bonchev–Trinajstić information content (AvgIpc) is 2.31. The van der Waals surface area contributed by atoms with Crippen LogP contribution in [0.5, 0.6) is 0 Å². The number of H-pyrrole nitrogens is 1. The summed E-state index contributed by atoms with van der Waals surface area (Å²) in [5.74, 6) is 0.0787. The maximum Gasteiger partial charge on any atom is 0.242 e. The normalized spacial score (nSPS) is 10.7. The van der Waals surface area contributed by atoms with E-state index in [4.69, 9.17) is 0 Å². The molecule has 0 aliphatic rings. The average molecular weight is 152 g/mol. The molecule has 0 spiro atoms. The molecule has 0 aliphatic heterocycles. The molecule has 2 aromatic rings. The van der Waals surface area contributed by atoms with Gasteiger partial charge in [0.1, 0.15) is 17.7 Å². The molecule has 56 valence electrons. The van der Waals surface area contributed by atoms with Gasteiger partial charge in [0, 0.05) is 0 Å². The monoisotopic (exact) mass is 152 g/mol. The Bertz CT molecular complexity index is 394. The van der Waals surface area contributed by atoms with Crippen molar-refractivity contribution in [1.82, 2.24) is 19.9 Å². The van der Waals surface area contributed by atoms with Gasteiger partial charge in [-0.05, 0) is 6.92 Å². The van der Waals surface area contributed by atoms with Crippen molar-refractivity contribution in [3.63, 3.8) is 0 Å². The highest BCUT2D eigenvalue weighted by Gasteiger charge is 2.05. The molecule has 0 saturated heterocycles. The van der Waals surface area contributed by atoms with E-state index in [0.717, 1.165) is 6.33 Å². The lowest BCUT2D eigenvalue weighted by atomic mass is 10.5. The van der Waals surface area contributed by atoms with Gasteiger partial charge >= 0.3 is 0 Å². The molecular weight excluding hydrogens is 147 g/mol. The SMILES string of the molecule is Cc1nc2ncnc(F)c2[nH]1. The number of aromatic nitrogens is 4. The third-order valence-electron chi connectivity index (χ3n) is 1.36. The van der Waals surface area contributed by atoms with Crippen molar-refractivity contribution in [2.75, 3.05) is 0 Å². The lowest BCUT2D eigenvalue weighted by Gasteiger charge is -1.85. The predicted octanol–water partition coefficient (Wildman–Crippen LogP) is 0.800. The van der Waals surface area contributed by atoms with Gasteiger partial charge in [-0.1, -0.05) is 0 Å². The van der Waals surface area contributed by atoms with Gasteiger partial charge in [-0.15, -0.1) is 0 Å². The Labute approximate surface area is 61.5 Å². The van der Waals surface area contributed by atoms with Crippen LogP contribution in [0, 0.1) is 12.9 Å². The number of aryl methyl sites for hydroxylation is 1. The van der Waals surface area contributed by atoms with Gasteiger partial charge in [-0.3, -0.25) is 0 Å². The van der Waals surface area contributed by atoms with Crippen molar-refractivity contribution in [3.8, 4) is 0 Å². The molecule has 1 N–H and O–H groups in total. The quantitative estimate of drug-likeness (QED) is 0.568. The minimum Gasteiger partial charge on any atom is -0.337 e. The first-order valence-electron chi connectivity index (χ1n) is 3.10. The minimum absolute atomic E-state index is 0.269. The summed E-state index contributed by atoms with van der Waals surface area (Å²) >= 11 is 0. The van der Waals surface area contributed by atoms with Crippen LogP contribution in [-0.2, 0) is 0 Å². The van der Waals surface area contributed by atoms with Crippen molar-refractivity contribution in [2.45, 2.75) is 6.92 Å². The van der Waals surface area contributed by atoms with Crippen LogP contribution in [0.3, 0.4) is 0 Å². The van der Waals surface area contributed by atoms with Gasteiger partial charge in [-0.2, -0.15) is 4.39 Å².